The van der Waals surface area contributed by atoms with Gasteiger partial charge in [-0.2, -0.15) is 0 Å². The van der Waals surface area contributed by atoms with E-state index in [0.29, 0.717) is 16.9 Å². The molecular weight excluding hydrogens is 396 g/mol. The lowest BCUT2D eigenvalue weighted by Crippen LogP contribution is -2.18. The van der Waals surface area contributed by atoms with E-state index in [1.165, 1.54) is 0 Å². The first-order valence-corrected chi connectivity index (χ1v) is 11.5. The molecule has 5 heteroatoms. The van der Waals surface area contributed by atoms with Crippen LogP contribution in [0.4, 0.5) is 0 Å². The molecule has 0 saturated carbocycles. The van der Waals surface area contributed by atoms with Gasteiger partial charge in [-0.1, -0.05) is 60.2 Å². The van der Waals surface area contributed by atoms with Gasteiger partial charge in [-0.05, 0) is 50.6 Å². The Labute approximate surface area is 178 Å². The molecule has 1 unspecified atom stereocenters. The van der Waals surface area contributed by atoms with Crippen LogP contribution in [0.5, 0.6) is 5.75 Å². The molecule has 0 spiro atoms. The highest BCUT2D eigenvalue weighted by atomic mass is 32.2. The summed E-state index contributed by atoms with van der Waals surface area (Å²) >= 11 is 0. The van der Waals surface area contributed by atoms with E-state index in [0.717, 1.165) is 5.56 Å². The summed E-state index contributed by atoms with van der Waals surface area (Å²) < 4.78 is 32.5. The van der Waals surface area contributed by atoms with Crippen LogP contribution in [-0.4, -0.2) is 20.3 Å². The van der Waals surface area contributed by atoms with Gasteiger partial charge in [-0.15, -0.1) is 0 Å². The average Bonchev–Trinajstić information content (AvgIpc) is 2.73. The molecule has 0 aliphatic carbocycles. The molecule has 3 aromatic rings. The summed E-state index contributed by atoms with van der Waals surface area (Å²) in [6.07, 6.45) is -0.118. The molecule has 0 aromatic heterocycles. The zero-order valence-corrected chi connectivity index (χ0v) is 18.2. The monoisotopic (exact) mass is 422 g/mol. The molecule has 0 radical (unpaired) electrons. The maximum absolute atomic E-state index is 13.4. The SMILES string of the molecule is Cc1ccc(C(=O)CC(c2ccc(OC(C)C)cc2)S(=O)(=O)c2ccccc2)cc1. The Balaban J connectivity index is 1.98. The number of sulfone groups is 1. The average molecular weight is 423 g/mol. The third-order valence-corrected chi connectivity index (χ3v) is 6.93. The second-order valence-electron chi connectivity index (χ2n) is 7.58. The Morgan fingerprint density at radius 3 is 2.03 bits per heavy atom. The summed E-state index contributed by atoms with van der Waals surface area (Å²) in [5.74, 6) is 0.455. The molecule has 1 atom stereocenters. The van der Waals surface area contributed by atoms with Gasteiger partial charge in [0.05, 0.1) is 16.2 Å². The topological polar surface area (TPSA) is 60.4 Å². The van der Waals surface area contributed by atoms with Crippen LogP contribution in [0.1, 0.15) is 47.0 Å². The van der Waals surface area contributed by atoms with Gasteiger partial charge in [0.15, 0.2) is 15.6 Å². The van der Waals surface area contributed by atoms with Crippen molar-refractivity contribution in [3.8, 4) is 5.75 Å². The Hall–Kier alpha value is -2.92. The molecule has 0 saturated heterocycles. The van der Waals surface area contributed by atoms with E-state index >= 15 is 0 Å². The van der Waals surface area contributed by atoms with Crippen molar-refractivity contribution in [2.24, 2.45) is 0 Å². The van der Waals surface area contributed by atoms with Crippen LogP contribution in [-0.2, 0) is 9.84 Å². The van der Waals surface area contributed by atoms with E-state index < -0.39 is 15.1 Å². The van der Waals surface area contributed by atoms with Gasteiger partial charge in [-0.3, -0.25) is 4.79 Å². The van der Waals surface area contributed by atoms with Crippen molar-refractivity contribution >= 4 is 15.6 Å². The first-order valence-electron chi connectivity index (χ1n) is 9.93. The molecule has 0 aliphatic heterocycles. The minimum atomic E-state index is -3.76. The third-order valence-electron chi connectivity index (χ3n) is 4.81. The van der Waals surface area contributed by atoms with Crippen LogP contribution >= 0.6 is 0 Å². The van der Waals surface area contributed by atoms with Crippen LogP contribution in [0.2, 0.25) is 0 Å². The number of rotatable bonds is 8. The van der Waals surface area contributed by atoms with Crippen molar-refractivity contribution in [1.82, 2.24) is 0 Å². The third kappa shape index (κ3) is 5.16. The molecular formula is C25H26O4S. The fourth-order valence-corrected chi connectivity index (χ4v) is 4.99. The number of ketones is 1. The Kier molecular flexibility index (Phi) is 6.73. The second-order valence-corrected chi connectivity index (χ2v) is 9.71. The minimum absolute atomic E-state index is 0.0165. The zero-order chi connectivity index (χ0) is 21.7. The second kappa shape index (κ2) is 9.26. The lowest BCUT2D eigenvalue weighted by molar-refractivity contribution is 0.0980. The molecule has 0 N–H and O–H groups in total. The normalized spacial score (nSPS) is 12.5. The van der Waals surface area contributed by atoms with Crippen LogP contribution in [0, 0.1) is 6.92 Å². The summed E-state index contributed by atoms with van der Waals surface area (Å²) in [5.41, 5.74) is 2.12. The number of ether oxygens (including phenoxy) is 1. The van der Waals surface area contributed by atoms with E-state index in [4.69, 9.17) is 4.74 Å². The molecule has 30 heavy (non-hydrogen) atoms. The maximum Gasteiger partial charge on any atom is 0.185 e. The fraction of sp³-hybridized carbons (Fsp3) is 0.240. The minimum Gasteiger partial charge on any atom is -0.491 e. The van der Waals surface area contributed by atoms with Gasteiger partial charge in [0, 0.05) is 12.0 Å². The van der Waals surface area contributed by atoms with E-state index in [2.05, 4.69) is 0 Å². The first-order chi connectivity index (χ1) is 14.3. The quantitative estimate of drug-likeness (QED) is 0.445. The summed E-state index contributed by atoms with van der Waals surface area (Å²) in [7, 11) is -3.76. The van der Waals surface area contributed by atoms with Crippen LogP contribution in [0.15, 0.2) is 83.8 Å². The molecule has 0 fully saturated rings. The van der Waals surface area contributed by atoms with Gasteiger partial charge in [0.25, 0.3) is 0 Å². The zero-order valence-electron chi connectivity index (χ0n) is 17.4. The van der Waals surface area contributed by atoms with Crippen LogP contribution < -0.4 is 4.74 Å². The van der Waals surface area contributed by atoms with Crippen molar-refractivity contribution < 1.29 is 17.9 Å². The highest BCUT2D eigenvalue weighted by Crippen LogP contribution is 2.34. The van der Waals surface area contributed by atoms with Crippen molar-refractivity contribution in [3.05, 3.63) is 95.6 Å². The Morgan fingerprint density at radius 1 is 0.867 bits per heavy atom. The highest BCUT2D eigenvalue weighted by Gasteiger charge is 2.31. The van der Waals surface area contributed by atoms with Crippen molar-refractivity contribution in [3.63, 3.8) is 0 Å². The number of aryl methyl sites for hydroxylation is 1. The largest absolute Gasteiger partial charge is 0.491 e. The number of hydrogen-bond acceptors (Lipinski definition) is 4. The molecule has 3 aromatic carbocycles. The highest BCUT2D eigenvalue weighted by molar-refractivity contribution is 7.91. The first kappa shape index (κ1) is 21.8. The van der Waals surface area contributed by atoms with Crippen molar-refractivity contribution in [2.45, 2.75) is 43.4 Å². The molecule has 0 aliphatic rings. The van der Waals surface area contributed by atoms with Crippen molar-refractivity contribution in [1.29, 1.82) is 0 Å². The van der Waals surface area contributed by atoms with Gasteiger partial charge >= 0.3 is 0 Å². The number of carbonyl (C=O) groups excluding carboxylic acids is 1. The van der Waals surface area contributed by atoms with Gasteiger partial charge in [-0.25, -0.2) is 8.42 Å². The van der Waals surface area contributed by atoms with Gasteiger partial charge in [0.1, 0.15) is 5.75 Å². The molecule has 0 heterocycles. The van der Waals surface area contributed by atoms with Gasteiger partial charge in [0.2, 0.25) is 0 Å². The van der Waals surface area contributed by atoms with Crippen LogP contribution in [0.3, 0.4) is 0 Å². The maximum atomic E-state index is 13.4. The standard InChI is InChI=1S/C25H26O4S/c1-18(2)29-22-15-13-21(14-16-22)25(30(27,28)23-7-5-4-6-8-23)17-24(26)20-11-9-19(3)10-12-20/h4-16,18,25H,17H2,1-3H3. The number of carbonyl (C=O) groups is 1. The number of Topliss-reactive ketones (excluding diaryl/α,β-unsaturated/α-hetero) is 1. The van der Waals surface area contributed by atoms with E-state index in [1.54, 1.807) is 66.7 Å². The smallest absolute Gasteiger partial charge is 0.185 e. The lowest BCUT2D eigenvalue weighted by atomic mass is 10.0. The Bertz CT molecular complexity index is 1080. The predicted molar refractivity (Wildman–Crippen MR) is 119 cm³/mol. The molecule has 4 nitrogen and oxygen atoms in total. The van der Waals surface area contributed by atoms with E-state index in [-0.39, 0.29) is 23.2 Å². The van der Waals surface area contributed by atoms with E-state index in [9.17, 15) is 13.2 Å². The van der Waals surface area contributed by atoms with Gasteiger partial charge < -0.3 is 4.74 Å². The Morgan fingerprint density at radius 2 is 1.47 bits per heavy atom. The molecule has 156 valence electrons. The predicted octanol–water partition coefficient (Wildman–Crippen LogP) is 5.57. The fourth-order valence-electron chi connectivity index (χ4n) is 3.24. The van der Waals surface area contributed by atoms with E-state index in [1.807, 2.05) is 32.9 Å². The van der Waals surface area contributed by atoms with Crippen LogP contribution in [0.25, 0.3) is 0 Å². The number of benzene rings is 3. The molecule has 3 rings (SSSR count). The summed E-state index contributed by atoms with van der Waals surface area (Å²) in [5, 5.41) is -0.984. The number of hydrogen-bond donors (Lipinski definition) is 0. The molecule has 0 bridgehead atoms. The summed E-state index contributed by atoms with van der Waals surface area (Å²) in [4.78, 5) is 13.1. The summed E-state index contributed by atoms with van der Waals surface area (Å²) in [6.45, 7) is 5.80. The lowest BCUT2D eigenvalue weighted by Gasteiger charge is -2.19. The summed E-state index contributed by atoms with van der Waals surface area (Å²) in [6, 6.07) is 22.4. The molecule has 0 amide bonds. The van der Waals surface area contributed by atoms with Crippen molar-refractivity contribution in [2.75, 3.05) is 0 Å².